The second-order valence-electron chi connectivity index (χ2n) is 7.09. The van der Waals surface area contributed by atoms with Crippen LogP contribution in [-0.4, -0.2) is 31.1 Å². The third kappa shape index (κ3) is 4.19. The van der Waals surface area contributed by atoms with E-state index in [1.54, 1.807) is 0 Å². The van der Waals surface area contributed by atoms with Crippen LogP contribution in [0.3, 0.4) is 0 Å². The van der Waals surface area contributed by atoms with Gasteiger partial charge in [-0.05, 0) is 57.0 Å². The predicted molar refractivity (Wildman–Crippen MR) is 83.2 cm³/mol. The van der Waals surface area contributed by atoms with E-state index in [9.17, 15) is 0 Å². The molecule has 112 valence electrons. The van der Waals surface area contributed by atoms with Gasteiger partial charge in [0, 0.05) is 12.6 Å². The molecule has 2 rings (SSSR count). The first-order valence-electron chi connectivity index (χ1n) is 8.64. The minimum atomic E-state index is 0.747. The molecule has 19 heavy (non-hydrogen) atoms. The van der Waals surface area contributed by atoms with Gasteiger partial charge < -0.3 is 10.6 Å². The van der Waals surface area contributed by atoms with E-state index in [1.807, 2.05) is 0 Å². The molecule has 2 fully saturated rings. The molecular weight excluding hydrogens is 232 g/mol. The van der Waals surface area contributed by atoms with Gasteiger partial charge in [-0.3, -0.25) is 0 Å². The minimum absolute atomic E-state index is 0.747. The van der Waals surface area contributed by atoms with Gasteiger partial charge in [0.1, 0.15) is 0 Å². The highest BCUT2D eigenvalue weighted by atomic mass is 15.1. The Hall–Kier alpha value is -0.0800. The molecule has 2 aliphatic carbocycles. The normalized spacial score (nSPS) is 33.8. The van der Waals surface area contributed by atoms with Gasteiger partial charge in [-0.1, -0.05) is 39.0 Å². The molecule has 2 N–H and O–H groups in total. The molecule has 0 saturated heterocycles. The lowest BCUT2D eigenvalue weighted by molar-refractivity contribution is 0.0826. The van der Waals surface area contributed by atoms with Gasteiger partial charge in [-0.15, -0.1) is 0 Å². The smallest absolute Gasteiger partial charge is 0.0135 e. The molecule has 0 heterocycles. The third-order valence-corrected chi connectivity index (χ3v) is 5.78. The van der Waals surface area contributed by atoms with E-state index in [0.29, 0.717) is 0 Å². The van der Waals surface area contributed by atoms with Crippen molar-refractivity contribution >= 4 is 0 Å². The molecule has 2 saturated carbocycles. The Morgan fingerprint density at radius 3 is 2.37 bits per heavy atom. The van der Waals surface area contributed by atoms with E-state index in [-0.39, 0.29) is 0 Å². The fraction of sp³-hybridized carbons (Fsp3) is 1.00. The first kappa shape index (κ1) is 15.3. The van der Waals surface area contributed by atoms with E-state index in [1.165, 1.54) is 64.3 Å². The Morgan fingerprint density at radius 1 is 1.00 bits per heavy atom. The third-order valence-electron chi connectivity index (χ3n) is 5.78. The minimum Gasteiger partial charge on any atom is -0.330 e. The summed E-state index contributed by atoms with van der Waals surface area (Å²) in [4.78, 5) is 2.68. The Bertz CT molecular complexity index is 248. The van der Waals surface area contributed by atoms with Crippen LogP contribution in [0, 0.1) is 17.8 Å². The Kier molecular flexibility index (Phi) is 6.15. The SMILES string of the molecule is CCC1CCC(CN)C(N(C)CC2CCCCC2)C1. The van der Waals surface area contributed by atoms with Crippen molar-refractivity contribution in [2.75, 3.05) is 20.1 Å². The lowest BCUT2D eigenvalue weighted by Crippen LogP contribution is -2.46. The van der Waals surface area contributed by atoms with Crippen LogP contribution in [0.1, 0.15) is 64.7 Å². The predicted octanol–water partition coefficient (Wildman–Crippen LogP) is 3.65. The lowest BCUT2D eigenvalue weighted by atomic mass is 9.76. The average Bonchev–Trinajstić information content (AvgIpc) is 2.47. The summed E-state index contributed by atoms with van der Waals surface area (Å²) in [6.07, 6.45) is 12.8. The van der Waals surface area contributed by atoms with Crippen molar-refractivity contribution in [1.29, 1.82) is 0 Å². The van der Waals surface area contributed by atoms with E-state index in [0.717, 1.165) is 30.3 Å². The Balaban J connectivity index is 1.88. The van der Waals surface area contributed by atoms with Crippen LogP contribution >= 0.6 is 0 Å². The molecule has 3 atom stereocenters. The maximum atomic E-state index is 6.02. The number of nitrogens with zero attached hydrogens (tertiary/aromatic N) is 1. The van der Waals surface area contributed by atoms with Gasteiger partial charge in [0.25, 0.3) is 0 Å². The molecule has 0 aromatic heterocycles. The maximum Gasteiger partial charge on any atom is 0.0135 e. The van der Waals surface area contributed by atoms with Crippen molar-refractivity contribution in [2.45, 2.75) is 70.8 Å². The van der Waals surface area contributed by atoms with E-state index >= 15 is 0 Å². The molecule has 0 radical (unpaired) electrons. The lowest BCUT2D eigenvalue weighted by Gasteiger charge is -2.42. The fourth-order valence-corrected chi connectivity index (χ4v) is 4.39. The first-order valence-corrected chi connectivity index (χ1v) is 8.64. The molecular formula is C17H34N2. The van der Waals surface area contributed by atoms with Crippen molar-refractivity contribution in [3.8, 4) is 0 Å². The van der Waals surface area contributed by atoms with Crippen LogP contribution in [0.2, 0.25) is 0 Å². The van der Waals surface area contributed by atoms with Crippen LogP contribution in [0.4, 0.5) is 0 Å². The molecule has 2 nitrogen and oxygen atoms in total. The summed E-state index contributed by atoms with van der Waals surface area (Å²) in [6.45, 7) is 4.55. The first-order chi connectivity index (χ1) is 9.24. The Morgan fingerprint density at radius 2 is 1.74 bits per heavy atom. The van der Waals surface area contributed by atoms with Gasteiger partial charge in [-0.2, -0.15) is 0 Å². The summed E-state index contributed by atoms with van der Waals surface area (Å²) in [5.41, 5.74) is 6.02. The van der Waals surface area contributed by atoms with Crippen molar-refractivity contribution < 1.29 is 0 Å². The van der Waals surface area contributed by atoms with Crippen molar-refractivity contribution in [3.63, 3.8) is 0 Å². The quantitative estimate of drug-likeness (QED) is 0.823. The highest BCUT2D eigenvalue weighted by Gasteiger charge is 2.32. The zero-order valence-corrected chi connectivity index (χ0v) is 13.1. The maximum absolute atomic E-state index is 6.02. The molecule has 0 aromatic carbocycles. The molecule has 2 aliphatic rings. The summed E-state index contributed by atoms with van der Waals surface area (Å²) >= 11 is 0. The van der Waals surface area contributed by atoms with Gasteiger partial charge in [0.2, 0.25) is 0 Å². The van der Waals surface area contributed by atoms with Crippen LogP contribution < -0.4 is 5.73 Å². The molecule has 0 aliphatic heterocycles. The summed E-state index contributed by atoms with van der Waals surface area (Å²) in [7, 11) is 2.36. The van der Waals surface area contributed by atoms with Crippen molar-refractivity contribution in [2.24, 2.45) is 23.5 Å². The second-order valence-corrected chi connectivity index (χ2v) is 7.09. The number of hydrogen-bond donors (Lipinski definition) is 1. The zero-order chi connectivity index (χ0) is 13.7. The summed E-state index contributed by atoms with van der Waals surface area (Å²) in [5, 5.41) is 0. The van der Waals surface area contributed by atoms with Gasteiger partial charge in [0.05, 0.1) is 0 Å². The molecule has 0 spiro atoms. The number of rotatable bonds is 5. The molecule has 3 unspecified atom stereocenters. The van der Waals surface area contributed by atoms with E-state index < -0.39 is 0 Å². The number of hydrogen-bond acceptors (Lipinski definition) is 2. The molecule has 2 heteroatoms. The molecule has 0 bridgehead atoms. The van der Waals surface area contributed by atoms with Gasteiger partial charge >= 0.3 is 0 Å². The highest BCUT2D eigenvalue weighted by molar-refractivity contribution is 4.87. The zero-order valence-electron chi connectivity index (χ0n) is 13.1. The second kappa shape index (κ2) is 7.64. The van der Waals surface area contributed by atoms with Crippen LogP contribution in [0.15, 0.2) is 0 Å². The Labute approximate surface area is 120 Å². The van der Waals surface area contributed by atoms with Crippen molar-refractivity contribution in [1.82, 2.24) is 4.90 Å². The average molecular weight is 266 g/mol. The van der Waals surface area contributed by atoms with Crippen LogP contribution in [-0.2, 0) is 0 Å². The van der Waals surface area contributed by atoms with Crippen LogP contribution in [0.25, 0.3) is 0 Å². The van der Waals surface area contributed by atoms with E-state index in [4.69, 9.17) is 5.73 Å². The van der Waals surface area contributed by atoms with Gasteiger partial charge in [-0.25, -0.2) is 0 Å². The summed E-state index contributed by atoms with van der Waals surface area (Å²) in [6, 6.07) is 0.755. The fourth-order valence-electron chi connectivity index (χ4n) is 4.39. The summed E-state index contributed by atoms with van der Waals surface area (Å²) < 4.78 is 0. The highest BCUT2D eigenvalue weighted by Crippen LogP contribution is 2.34. The summed E-state index contributed by atoms with van der Waals surface area (Å²) in [5.74, 6) is 2.65. The largest absolute Gasteiger partial charge is 0.330 e. The van der Waals surface area contributed by atoms with Crippen LogP contribution in [0.5, 0.6) is 0 Å². The standard InChI is InChI=1S/C17H34N2/c1-3-14-9-10-16(12-18)17(11-14)19(2)13-15-7-5-4-6-8-15/h14-17H,3-13,18H2,1-2H3. The topological polar surface area (TPSA) is 29.3 Å². The monoisotopic (exact) mass is 266 g/mol. The molecule has 0 amide bonds. The van der Waals surface area contributed by atoms with Gasteiger partial charge in [0.15, 0.2) is 0 Å². The van der Waals surface area contributed by atoms with E-state index in [2.05, 4.69) is 18.9 Å². The van der Waals surface area contributed by atoms with Crippen molar-refractivity contribution in [3.05, 3.63) is 0 Å². The molecule has 0 aromatic rings. The number of nitrogens with two attached hydrogens (primary N) is 1.